The number of fused-ring (bicyclic) bond motifs is 1. The Morgan fingerprint density at radius 3 is 3.14 bits per heavy atom. The summed E-state index contributed by atoms with van der Waals surface area (Å²) in [5.74, 6) is 0.132. The van der Waals surface area contributed by atoms with E-state index in [2.05, 4.69) is 12.6 Å². The molecule has 0 aliphatic carbocycles. The molecule has 0 saturated carbocycles. The lowest BCUT2D eigenvalue weighted by molar-refractivity contribution is -0.135. The lowest BCUT2D eigenvalue weighted by atomic mass is 10.1. The number of benzene rings is 1. The fraction of sp³-hybridized carbons (Fsp3) is 0.222. The molecule has 1 aliphatic heterocycles. The highest BCUT2D eigenvalue weighted by atomic mass is 32.1. The predicted octanol–water partition coefficient (Wildman–Crippen LogP) is 0.784. The standard InChI is InChI=1S/C9H9NO3S/c11-9(10-12)8-3-5-1-2-6(14)4-7(5)13-8/h1-2,4,8,12,14H,3H2,(H,10,11). The van der Waals surface area contributed by atoms with Crippen molar-refractivity contribution in [1.29, 1.82) is 0 Å². The smallest absolute Gasteiger partial charge is 0.284 e. The van der Waals surface area contributed by atoms with E-state index in [9.17, 15) is 4.79 Å². The van der Waals surface area contributed by atoms with Crippen molar-refractivity contribution in [2.45, 2.75) is 17.4 Å². The fourth-order valence-corrected chi connectivity index (χ4v) is 1.63. The van der Waals surface area contributed by atoms with Gasteiger partial charge in [0, 0.05) is 11.3 Å². The lowest BCUT2D eigenvalue weighted by Crippen LogP contribution is -2.35. The number of nitrogens with one attached hydrogen (secondary N) is 1. The summed E-state index contributed by atoms with van der Waals surface area (Å²) in [6, 6.07) is 5.45. The van der Waals surface area contributed by atoms with Crippen LogP contribution in [0.25, 0.3) is 0 Å². The number of thiol groups is 1. The molecule has 1 aliphatic rings. The van der Waals surface area contributed by atoms with Crippen molar-refractivity contribution in [2.24, 2.45) is 0 Å². The van der Waals surface area contributed by atoms with Gasteiger partial charge < -0.3 is 4.74 Å². The highest BCUT2D eigenvalue weighted by Crippen LogP contribution is 2.30. The van der Waals surface area contributed by atoms with Gasteiger partial charge in [-0.1, -0.05) is 6.07 Å². The third kappa shape index (κ3) is 1.56. The first-order valence-electron chi connectivity index (χ1n) is 4.13. The zero-order valence-corrected chi connectivity index (χ0v) is 8.12. The highest BCUT2D eigenvalue weighted by Gasteiger charge is 2.28. The number of rotatable bonds is 1. The molecule has 0 saturated heterocycles. The molecular formula is C9H9NO3S. The summed E-state index contributed by atoms with van der Waals surface area (Å²) >= 11 is 4.16. The SMILES string of the molecule is O=C(NO)C1Cc2ccc(S)cc2O1. The van der Waals surface area contributed by atoms with Gasteiger partial charge in [-0.2, -0.15) is 0 Å². The maximum Gasteiger partial charge on any atom is 0.284 e. The van der Waals surface area contributed by atoms with Gasteiger partial charge in [-0.25, -0.2) is 5.48 Å². The van der Waals surface area contributed by atoms with Gasteiger partial charge in [0.25, 0.3) is 5.91 Å². The van der Waals surface area contributed by atoms with Crippen LogP contribution in [0.5, 0.6) is 5.75 Å². The summed E-state index contributed by atoms with van der Waals surface area (Å²) in [6.45, 7) is 0. The van der Waals surface area contributed by atoms with Crippen LogP contribution in [-0.4, -0.2) is 17.2 Å². The molecule has 0 spiro atoms. The summed E-state index contributed by atoms with van der Waals surface area (Å²) < 4.78 is 5.32. The summed E-state index contributed by atoms with van der Waals surface area (Å²) in [5, 5.41) is 8.43. The largest absolute Gasteiger partial charge is 0.480 e. The van der Waals surface area contributed by atoms with Gasteiger partial charge in [0.05, 0.1) is 0 Å². The zero-order chi connectivity index (χ0) is 10.1. The minimum absolute atomic E-state index is 0.482. The van der Waals surface area contributed by atoms with E-state index in [0.29, 0.717) is 12.2 Å². The molecule has 2 N–H and O–H groups in total. The maximum atomic E-state index is 11.1. The fourth-order valence-electron chi connectivity index (χ4n) is 1.43. The van der Waals surface area contributed by atoms with Gasteiger partial charge in [0.1, 0.15) is 5.75 Å². The molecule has 0 aromatic heterocycles. The van der Waals surface area contributed by atoms with Crippen LogP contribution in [0.15, 0.2) is 23.1 Å². The Balaban J connectivity index is 2.22. The Bertz CT molecular complexity index is 380. The van der Waals surface area contributed by atoms with Gasteiger partial charge in [-0.05, 0) is 17.7 Å². The average Bonchev–Trinajstić information content (AvgIpc) is 2.59. The Morgan fingerprint density at radius 2 is 2.43 bits per heavy atom. The molecule has 4 nitrogen and oxygen atoms in total. The van der Waals surface area contributed by atoms with Crippen LogP contribution in [0.2, 0.25) is 0 Å². The third-order valence-electron chi connectivity index (χ3n) is 2.13. The average molecular weight is 211 g/mol. The molecule has 0 bridgehead atoms. The van der Waals surface area contributed by atoms with Crippen molar-refractivity contribution >= 4 is 18.5 Å². The van der Waals surface area contributed by atoms with E-state index >= 15 is 0 Å². The van der Waals surface area contributed by atoms with Crippen molar-refractivity contribution in [2.75, 3.05) is 0 Å². The molecule has 0 fully saturated rings. The highest BCUT2D eigenvalue weighted by molar-refractivity contribution is 7.80. The van der Waals surface area contributed by atoms with Crippen molar-refractivity contribution in [3.05, 3.63) is 23.8 Å². The van der Waals surface area contributed by atoms with Crippen LogP contribution < -0.4 is 10.2 Å². The molecule has 14 heavy (non-hydrogen) atoms. The summed E-state index contributed by atoms with van der Waals surface area (Å²) in [7, 11) is 0. The topological polar surface area (TPSA) is 58.6 Å². The quantitative estimate of drug-likeness (QED) is 0.365. The van der Waals surface area contributed by atoms with E-state index in [1.807, 2.05) is 12.1 Å². The van der Waals surface area contributed by atoms with Crippen LogP contribution in [-0.2, 0) is 11.2 Å². The number of hydrogen-bond acceptors (Lipinski definition) is 4. The normalized spacial score (nSPS) is 18.6. The minimum Gasteiger partial charge on any atom is -0.480 e. The summed E-state index contributed by atoms with van der Waals surface area (Å²) in [5.41, 5.74) is 2.53. The number of carbonyl (C=O) groups excluding carboxylic acids is 1. The van der Waals surface area contributed by atoms with E-state index in [0.717, 1.165) is 10.5 Å². The van der Waals surface area contributed by atoms with Crippen molar-refractivity contribution < 1.29 is 14.7 Å². The molecule has 1 unspecified atom stereocenters. The van der Waals surface area contributed by atoms with E-state index in [1.165, 1.54) is 0 Å². The first-order valence-corrected chi connectivity index (χ1v) is 4.58. The number of hydroxylamine groups is 1. The lowest BCUT2D eigenvalue weighted by Gasteiger charge is -2.06. The Kier molecular flexibility index (Phi) is 2.35. The van der Waals surface area contributed by atoms with Crippen LogP contribution in [0.1, 0.15) is 5.56 Å². The van der Waals surface area contributed by atoms with Gasteiger partial charge in [0.2, 0.25) is 0 Å². The van der Waals surface area contributed by atoms with Crippen molar-refractivity contribution in [3.63, 3.8) is 0 Å². The first-order chi connectivity index (χ1) is 6.70. The second kappa shape index (κ2) is 3.51. The molecule has 1 aromatic carbocycles. The van der Waals surface area contributed by atoms with E-state index < -0.39 is 12.0 Å². The predicted molar refractivity (Wildman–Crippen MR) is 51.7 cm³/mol. The molecule has 5 heteroatoms. The molecule has 1 aromatic rings. The van der Waals surface area contributed by atoms with Gasteiger partial charge in [0.15, 0.2) is 6.10 Å². The van der Waals surface area contributed by atoms with E-state index in [1.54, 1.807) is 11.5 Å². The molecule has 1 heterocycles. The van der Waals surface area contributed by atoms with Crippen LogP contribution in [0.3, 0.4) is 0 Å². The maximum absolute atomic E-state index is 11.1. The first kappa shape index (κ1) is 9.36. The van der Waals surface area contributed by atoms with Gasteiger partial charge in [-0.3, -0.25) is 10.0 Å². The van der Waals surface area contributed by atoms with Gasteiger partial charge in [-0.15, -0.1) is 12.6 Å². The van der Waals surface area contributed by atoms with Crippen LogP contribution in [0.4, 0.5) is 0 Å². The zero-order valence-electron chi connectivity index (χ0n) is 7.23. The number of amides is 1. The van der Waals surface area contributed by atoms with E-state index in [-0.39, 0.29) is 0 Å². The second-order valence-electron chi connectivity index (χ2n) is 3.08. The number of hydrogen-bond donors (Lipinski definition) is 3. The Hall–Kier alpha value is -1.20. The van der Waals surface area contributed by atoms with Gasteiger partial charge >= 0.3 is 0 Å². The molecule has 2 rings (SSSR count). The molecule has 0 radical (unpaired) electrons. The number of ether oxygens (including phenoxy) is 1. The van der Waals surface area contributed by atoms with E-state index in [4.69, 9.17) is 9.94 Å². The number of carbonyl (C=O) groups is 1. The molecule has 1 atom stereocenters. The Labute approximate surface area is 86.2 Å². The van der Waals surface area contributed by atoms with Crippen LogP contribution in [0, 0.1) is 0 Å². The summed E-state index contributed by atoms with van der Waals surface area (Å²) in [6.07, 6.45) is -0.152. The minimum atomic E-state index is -0.634. The summed E-state index contributed by atoms with van der Waals surface area (Å²) in [4.78, 5) is 11.8. The molecule has 74 valence electrons. The Morgan fingerprint density at radius 1 is 1.64 bits per heavy atom. The third-order valence-corrected chi connectivity index (χ3v) is 2.41. The van der Waals surface area contributed by atoms with Crippen molar-refractivity contribution in [1.82, 2.24) is 5.48 Å². The van der Waals surface area contributed by atoms with Crippen LogP contribution >= 0.6 is 12.6 Å². The molecule has 1 amide bonds. The monoisotopic (exact) mass is 211 g/mol. The molecular weight excluding hydrogens is 202 g/mol. The van der Waals surface area contributed by atoms with Crippen molar-refractivity contribution in [3.8, 4) is 5.75 Å². The second-order valence-corrected chi connectivity index (χ2v) is 3.60.